The topological polar surface area (TPSA) is 11.4 Å². The lowest BCUT2D eigenvalue weighted by molar-refractivity contribution is 0.570. The first-order valence-electron chi connectivity index (χ1n) is 33.6. The Labute approximate surface area is 556 Å². The van der Waals surface area contributed by atoms with Crippen LogP contribution in [0.25, 0.3) is 58.8 Å². The number of hydrogen-bond donors (Lipinski definition) is 0. The van der Waals surface area contributed by atoms with Gasteiger partial charge in [-0.25, -0.2) is 0 Å². The molecule has 13 aromatic rings. The summed E-state index contributed by atoms with van der Waals surface area (Å²) in [4.78, 5) is 5.29. The molecule has 93 heavy (non-hydrogen) atoms. The van der Waals surface area contributed by atoms with E-state index in [4.69, 9.17) is 0 Å². The van der Waals surface area contributed by atoms with Crippen LogP contribution >= 0.6 is 11.3 Å². The molecule has 2 aliphatic heterocycles. The summed E-state index contributed by atoms with van der Waals surface area (Å²) < 4.78 is 5.31. The molecule has 0 saturated heterocycles. The zero-order valence-electron chi connectivity index (χ0n) is 57.3. The third kappa shape index (κ3) is 9.89. The predicted octanol–water partition coefficient (Wildman–Crippen LogP) is 22.7. The predicted molar refractivity (Wildman–Crippen MR) is 405 cm³/mol. The number of nitrogens with zero attached hydrogens (tertiary/aromatic N) is 3. The van der Waals surface area contributed by atoms with Gasteiger partial charge in [0.1, 0.15) is 0 Å². The van der Waals surface area contributed by atoms with Crippen molar-refractivity contribution in [2.24, 2.45) is 0 Å². The molecular weight excluding hydrogens is 1140 g/mol. The third-order valence-corrected chi connectivity index (χ3v) is 22.0. The minimum absolute atomic E-state index is 0.132. The molecule has 0 radical (unpaired) electrons. The van der Waals surface area contributed by atoms with E-state index in [0.29, 0.717) is 0 Å². The molecule has 2 aliphatic rings. The smallest absolute Gasteiger partial charge is 0.252 e. The molecule has 0 amide bonds. The molecule has 0 saturated carbocycles. The fraction of sp³-hybridized carbons (Fsp3) is 0.250. The van der Waals surface area contributed by atoms with Gasteiger partial charge in [0.25, 0.3) is 6.71 Å². The van der Waals surface area contributed by atoms with Gasteiger partial charge in [0.05, 0.1) is 16.7 Å². The summed E-state index contributed by atoms with van der Waals surface area (Å²) in [7, 11) is 0. The van der Waals surface area contributed by atoms with Crippen molar-refractivity contribution in [1.29, 1.82) is 0 Å². The minimum Gasteiger partial charge on any atom is -0.311 e. The Bertz CT molecular complexity index is 5010. The molecule has 5 heteroatoms. The highest BCUT2D eigenvalue weighted by Gasteiger charge is 2.46. The van der Waals surface area contributed by atoms with Gasteiger partial charge in [-0.05, 0) is 166 Å². The average Bonchev–Trinajstić information content (AvgIpc) is 1.53. The normalized spacial score (nSPS) is 13.7. The number of hydrogen-bond acceptors (Lipinski definition) is 3. The maximum absolute atomic E-state index is 2.71. The molecule has 2 aromatic heterocycles. The average molecular weight is 1230 g/mol. The summed E-state index contributed by atoms with van der Waals surface area (Å²) in [5.41, 5.74) is 26.4. The second kappa shape index (κ2) is 21.3. The first kappa shape index (κ1) is 60.4. The monoisotopic (exact) mass is 1230 g/mol. The maximum atomic E-state index is 2.71. The number of anilines is 6. The Morgan fingerprint density at radius 2 is 0.742 bits per heavy atom. The Hall–Kier alpha value is -8.90. The van der Waals surface area contributed by atoms with E-state index in [2.05, 4.69) is 356 Å². The SMILES string of the molecule is CC(C)(C)c1cc(C(C)(C)C)c2c3c(C(C)(C)C)cc(C(C)(C)C)cc3n(-c3cc4c5c(c3)N(c3ccc(-c6ccccc6)cc3)c3cc6c(cc3B5c3cc(C(C)(C)c5ccccc5)ccc3N4c3ccc(C(C)(C)c4ccccc4)cc3)sc3ccccc36)c2c1. The molecule has 0 bridgehead atoms. The zero-order valence-corrected chi connectivity index (χ0v) is 58.1. The molecule has 11 aromatic carbocycles. The van der Waals surface area contributed by atoms with Gasteiger partial charge in [-0.2, -0.15) is 0 Å². The Morgan fingerprint density at radius 3 is 1.27 bits per heavy atom. The van der Waals surface area contributed by atoms with Crippen molar-refractivity contribution in [3.8, 4) is 16.8 Å². The van der Waals surface area contributed by atoms with Crippen LogP contribution in [0.15, 0.2) is 231 Å². The van der Waals surface area contributed by atoms with Crippen molar-refractivity contribution in [1.82, 2.24) is 4.57 Å². The Morgan fingerprint density at radius 1 is 0.301 bits per heavy atom. The van der Waals surface area contributed by atoms with E-state index in [9.17, 15) is 0 Å². The summed E-state index contributed by atoms with van der Waals surface area (Å²) in [5.74, 6) is 0. The molecule has 0 atom stereocenters. The number of rotatable bonds is 8. The summed E-state index contributed by atoms with van der Waals surface area (Å²) in [6, 6.07) is 89.0. The summed E-state index contributed by atoms with van der Waals surface area (Å²) in [6.45, 7) is 38.2. The van der Waals surface area contributed by atoms with Crippen LogP contribution in [0, 0.1) is 0 Å². The molecular formula is C88H86BN3S. The summed E-state index contributed by atoms with van der Waals surface area (Å²) in [6.07, 6.45) is 0. The van der Waals surface area contributed by atoms with Gasteiger partial charge < -0.3 is 14.4 Å². The van der Waals surface area contributed by atoms with Crippen LogP contribution < -0.4 is 26.2 Å². The molecule has 0 fully saturated rings. The summed E-state index contributed by atoms with van der Waals surface area (Å²) in [5, 5.41) is 5.27. The van der Waals surface area contributed by atoms with Gasteiger partial charge in [-0.15, -0.1) is 11.3 Å². The molecule has 3 nitrogen and oxygen atoms in total. The molecule has 0 aliphatic carbocycles. The van der Waals surface area contributed by atoms with Gasteiger partial charge in [0.15, 0.2) is 0 Å². The van der Waals surface area contributed by atoms with E-state index in [1.165, 1.54) is 137 Å². The van der Waals surface area contributed by atoms with Gasteiger partial charge in [0.2, 0.25) is 0 Å². The van der Waals surface area contributed by atoms with Gasteiger partial charge in [-0.1, -0.05) is 269 Å². The zero-order chi connectivity index (χ0) is 65.1. The second-order valence-electron chi connectivity index (χ2n) is 31.9. The molecule has 4 heterocycles. The van der Waals surface area contributed by atoms with Gasteiger partial charge in [-0.3, -0.25) is 0 Å². The van der Waals surface area contributed by atoms with E-state index in [-0.39, 0.29) is 39.2 Å². The fourth-order valence-electron chi connectivity index (χ4n) is 15.4. The van der Waals surface area contributed by atoms with Gasteiger partial charge in [0, 0.05) is 75.9 Å². The molecule has 15 rings (SSSR count). The summed E-state index contributed by atoms with van der Waals surface area (Å²) >= 11 is 1.91. The van der Waals surface area contributed by atoms with E-state index in [0.717, 1.165) is 17.1 Å². The third-order valence-electron chi connectivity index (χ3n) is 20.9. The van der Waals surface area contributed by atoms with E-state index in [1.807, 2.05) is 11.3 Å². The van der Waals surface area contributed by atoms with E-state index < -0.39 is 0 Å². The number of benzene rings is 11. The van der Waals surface area contributed by atoms with Crippen LogP contribution in [-0.4, -0.2) is 11.3 Å². The quantitative estimate of drug-likeness (QED) is 0.141. The van der Waals surface area contributed by atoms with Crippen LogP contribution in [0.1, 0.15) is 155 Å². The van der Waals surface area contributed by atoms with E-state index in [1.54, 1.807) is 0 Å². The fourth-order valence-corrected chi connectivity index (χ4v) is 16.5. The molecule has 462 valence electrons. The van der Waals surface area contributed by atoms with Crippen molar-refractivity contribution in [3.05, 3.63) is 275 Å². The van der Waals surface area contributed by atoms with Crippen molar-refractivity contribution in [3.63, 3.8) is 0 Å². The van der Waals surface area contributed by atoms with Crippen molar-refractivity contribution < 1.29 is 0 Å². The van der Waals surface area contributed by atoms with E-state index >= 15 is 0 Å². The van der Waals surface area contributed by atoms with Crippen molar-refractivity contribution >= 4 is 111 Å². The minimum atomic E-state index is -0.301. The molecule has 0 spiro atoms. The first-order valence-corrected chi connectivity index (χ1v) is 34.4. The van der Waals surface area contributed by atoms with Crippen LogP contribution in [0.3, 0.4) is 0 Å². The van der Waals surface area contributed by atoms with Crippen LogP contribution in [0.2, 0.25) is 0 Å². The highest BCUT2D eigenvalue weighted by molar-refractivity contribution is 7.26. The largest absolute Gasteiger partial charge is 0.311 e. The van der Waals surface area contributed by atoms with Crippen LogP contribution in [0.4, 0.5) is 34.1 Å². The van der Waals surface area contributed by atoms with Crippen LogP contribution in [-0.2, 0) is 32.5 Å². The molecule has 0 N–H and O–H groups in total. The van der Waals surface area contributed by atoms with Crippen LogP contribution in [0.5, 0.6) is 0 Å². The highest BCUT2D eigenvalue weighted by Crippen LogP contribution is 2.52. The molecule has 0 unspecified atom stereocenters. The van der Waals surface area contributed by atoms with Gasteiger partial charge >= 0.3 is 0 Å². The number of aromatic nitrogens is 1. The lowest BCUT2D eigenvalue weighted by Crippen LogP contribution is -2.61. The highest BCUT2D eigenvalue weighted by atomic mass is 32.1. The first-order chi connectivity index (χ1) is 44.2. The lowest BCUT2D eigenvalue weighted by atomic mass is 9.33. The Kier molecular flexibility index (Phi) is 13.8. The van der Waals surface area contributed by atoms with Crippen molar-refractivity contribution in [2.45, 2.75) is 143 Å². The standard InChI is InChI=1S/C88H86BN3S/c1-83(2,3)61-46-68(85(7,8)9)80-74(49-61)92(75-50-62(84(4,5)6)47-69(81(75)80)86(10,11)12)65-51-76-82-77(52-65)91(63-41-36-56(37-42-63)55-28-20-17-21-29-55)73-53-67-66-34-26-27-35-78(66)93-79(67)54-71(73)89(82)70-48-60(88(15,16)58-32-24-19-25-33-58)40-45-72(70)90(76)64-43-38-59(39-44-64)87(13,14)57-30-22-18-23-31-57/h17-54H,1-16H3. The van der Waals surface area contributed by atoms with Crippen molar-refractivity contribution in [2.75, 3.05) is 9.80 Å². The Balaban J connectivity index is 1.12. The maximum Gasteiger partial charge on any atom is 0.252 e. The number of fused-ring (bicyclic) bond motifs is 10. The second-order valence-corrected chi connectivity index (χ2v) is 33.0. The lowest BCUT2D eigenvalue weighted by Gasteiger charge is -2.45. The number of thiophene rings is 1.